The lowest BCUT2D eigenvalue weighted by molar-refractivity contribution is -0.142. The van der Waals surface area contributed by atoms with Crippen molar-refractivity contribution in [3.63, 3.8) is 0 Å². The average molecular weight is 523 g/mol. The quantitative estimate of drug-likeness (QED) is 0.0773. The van der Waals surface area contributed by atoms with Crippen molar-refractivity contribution in [1.82, 2.24) is 0 Å². The van der Waals surface area contributed by atoms with Crippen LogP contribution in [-0.2, 0) is 19.1 Å². The third-order valence-electron chi connectivity index (χ3n) is 5.67. The highest BCUT2D eigenvalue weighted by atomic mass is 32.2. The van der Waals surface area contributed by atoms with Gasteiger partial charge in [-0.25, -0.2) is 0 Å². The van der Waals surface area contributed by atoms with Crippen molar-refractivity contribution >= 4 is 49.0 Å². The van der Waals surface area contributed by atoms with E-state index in [1.165, 1.54) is 88.8 Å². The molecule has 33 heavy (non-hydrogen) atoms. The van der Waals surface area contributed by atoms with Crippen molar-refractivity contribution in [1.29, 1.82) is 0 Å². The SMILES string of the molecule is CCCCCCCCCCOC(=O)C(CS)SC(CS)C(=O)OCCCCCCCCCC. The fraction of sp³-hybridized carbons (Fsp3) is 0.923. The summed E-state index contributed by atoms with van der Waals surface area (Å²) in [7, 11) is 0. The van der Waals surface area contributed by atoms with Gasteiger partial charge >= 0.3 is 11.9 Å². The van der Waals surface area contributed by atoms with Gasteiger partial charge in [0.1, 0.15) is 10.5 Å². The first-order chi connectivity index (χ1) is 16.1. The van der Waals surface area contributed by atoms with E-state index in [1.807, 2.05) is 0 Å². The molecule has 0 heterocycles. The van der Waals surface area contributed by atoms with E-state index >= 15 is 0 Å². The molecule has 0 fully saturated rings. The van der Waals surface area contributed by atoms with Crippen LogP contribution in [-0.4, -0.2) is 47.2 Å². The van der Waals surface area contributed by atoms with E-state index in [-0.39, 0.29) is 11.9 Å². The van der Waals surface area contributed by atoms with Crippen molar-refractivity contribution in [3.05, 3.63) is 0 Å². The second-order valence-corrected chi connectivity index (χ2v) is 10.9. The molecule has 4 nitrogen and oxygen atoms in total. The fourth-order valence-corrected chi connectivity index (χ4v) is 5.29. The van der Waals surface area contributed by atoms with E-state index in [0.717, 1.165) is 25.7 Å². The number of carbonyl (C=O) groups is 2. The molecule has 0 aromatic carbocycles. The number of thiol groups is 2. The molecule has 0 N–H and O–H groups in total. The van der Waals surface area contributed by atoms with Crippen LogP contribution < -0.4 is 0 Å². The second kappa shape index (κ2) is 25.1. The summed E-state index contributed by atoms with van der Waals surface area (Å²) in [4.78, 5) is 24.8. The van der Waals surface area contributed by atoms with Crippen LogP contribution >= 0.6 is 37.0 Å². The zero-order chi connectivity index (χ0) is 24.6. The lowest BCUT2D eigenvalue weighted by atomic mass is 10.1. The summed E-state index contributed by atoms with van der Waals surface area (Å²) >= 11 is 9.86. The zero-order valence-corrected chi connectivity index (χ0v) is 23.8. The van der Waals surface area contributed by atoms with Gasteiger partial charge in [0, 0.05) is 11.5 Å². The van der Waals surface area contributed by atoms with Crippen molar-refractivity contribution in [3.8, 4) is 0 Å². The van der Waals surface area contributed by atoms with Gasteiger partial charge in [-0.2, -0.15) is 25.3 Å². The minimum Gasteiger partial charge on any atom is -0.465 e. The summed E-state index contributed by atoms with van der Waals surface area (Å²) in [6, 6.07) is 0. The molecule has 0 saturated carbocycles. The topological polar surface area (TPSA) is 52.6 Å². The van der Waals surface area contributed by atoms with Crippen LogP contribution in [0.3, 0.4) is 0 Å². The van der Waals surface area contributed by atoms with Gasteiger partial charge in [-0.05, 0) is 12.8 Å². The maximum atomic E-state index is 12.4. The van der Waals surface area contributed by atoms with Crippen LogP contribution in [0.1, 0.15) is 117 Å². The first-order valence-electron chi connectivity index (χ1n) is 13.3. The molecule has 7 heteroatoms. The van der Waals surface area contributed by atoms with Crippen LogP contribution in [0.4, 0.5) is 0 Å². The number of ether oxygens (including phenoxy) is 2. The third-order valence-corrected chi connectivity index (χ3v) is 8.27. The molecule has 2 atom stereocenters. The summed E-state index contributed by atoms with van der Waals surface area (Å²) in [6.45, 7) is 5.33. The van der Waals surface area contributed by atoms with Gasteiger partial charge in [0.2, 0.25) is 0 Å². The molecule has 0 radical (unpaired) electrons. The van der Waals surface area contributed by atoms with Gasteiger partial charge in [0.15, 0.2) is 0 Å². The van der Waals surface area contributed by atoms with Crippen molar-refractivity contribution in [2.45, 2.75) is 127 Å². The van der Waals surface area contributed by atoms with E-state index in [9.17, 15) is 9.59 Å². The monoisotopic (exact) mass is 522 g/mol. The lowest BCUT2D eigenvalue weighted by Gasteiger charge is -2.19. The Hall–Kier alpha value is -0.0100. The van der Waals surface area contributed by atoms with Crippen molar-refractivity contribution < 1.29 is 19.1 Å². The van der Waals surface area contributed by atoms with Crippen LogP contribution in [0.15, 0.2) is 0 Å². The number of rotatable bonds is 24. The molecular weight excluding hydrogens is 472 g/mol. The fourth-order valence-electron chi connectivity index (χ4n) is 3.55. The van der Waals surface area contributed by atoms with E-state index in [2.05, 4.69) is 39.1 Å². The standard InChI is InChI=1S/C26H50O4S3/c1-3-5-7-9-11-13-15-17-19-29-25(27)23(21-31)33-24(22-32)26(28)30-20-18-16-14-12-10-8-6-4-2/h23-24,31-32H,3-22H2,1-2H3. The van der Waals surface area contributed by atoms with Crippen LogP contribution in [0, 0.1) is 0 Å². The Morgan fingerprint density at radius 3 is 1.18 bits per heavy atom. The van der Waals surface area contributed by atoms with Crippen molar-refractivity contribution in [2.75, 3.05) is 24.7 Å². The Morgan fingerprint density at radius 2 is 0.879 bits per heavy atom. The Labute approximate surface area is 219 Å². The van der Waals surface area contributed by atoms with Crippen LogP contribution in [0.2, 0.25) is 0 Å². The maximum absolute atomic E-state index is 12.4. The van der Waals surface area contributed by atoms with Gasteiger partial charge in [-0.1, -0.05) is 104 Å². The van der Waals surface area contributed by atoms with E-state index in [0.29, 0.717) is 24.7 Å². The molecule has 2 unspecified atom stereocenters. The smallest absolute Gasteiger partial charge is 0.319 e. The minimum absolute atomic E-state index is 0.291. The summed E-state index contributed by atoms with van der Waals surface area (Å²) in [5.74, 6) is 0.0775. The molecule has 0 aliphatic carbocycles. The molecule has 0 saturated heterocycles. The first kappa shape index (κ1) is 33.0. The molecule has 0 bridgehead atoms. The van der Waals surface area contributed by atoms with Gasteiger partial charge < -0.3 is 9.47 Å². The number of esters is 2. The number of hydrogen-bond donors (Lipinski definition) is 2. The second-order valence-electron chi connectivity index (χ2n) is 8.76. The largest absolute Gasteiger partial charge is 0.465 e. The van der Waals surface area contributed by atoms with Gasteiger partial charge in [-0.15, -0.1) is 11.8 Å². The Balaban J connectivity index is 3.97. The zero-order valence-electron chi connectivity index (χ0n) is 21.2. The third kappa shape index (κ3) is 19.9. The van der Waals surface area contributed by atoms with E-state index < -0.39 is 10.5 Å². The van der Waals surface area contributed by atoms with Gasteiger partial charge in [0.05, 0.1) is 13.2 Å². The predicted molar refractivity (Wildman–Crippen MR) is 150 cm³/mol. The van der Waals surface area contributed by atoms with Crippen LogP contribution in [0.5, 0.6) is 0 Å². The normalized spacial score (nSPS) is 13.0. The summed E-state index contributed by atoms with van der Waals surface area (Å²) in [6.07, 6.45) is 19.3. The number of thioether (sulfide) groups is 1. The highest BCUT2D eigenvalue weighted by Gasteiger charge is 2.28. The Bertz CT molecular complexity index is 423. The first-order valence-corrected chi connectivity index (χ1v) is 15.5. The van der Waals surface area contributed by atoms with Crippen LogP contribution in [0.25, 0.3) is 0 Å². The average Bonchev–Trinajstić information content (AvgIpc) is 2.82. The molecule has 0 amide bonds. The highest BCUT2D eigenvalue weighted by Crippen LogP contribution is 2.23. The Morgan fingerprint density at radius 1 is 0.576 bits per heavy atom. The molecule has 0 aromatic heterocycles. The molecule has 0 rings (SSSR count). The molecule has 0 spiro atoms. The molecular formula is C26H50O4S3. The maximum Gasteiger partial charge on any atom is 0.319 e. The number of carbonyl (C=O) groups excluding carboxylic acids is 2. The Kier molecular flexibility index (Phi) is 25.1. The number of unbranched alkanes of at least 4 members (excludes halogenated alkanes) is 14. The summed E-state index contributed by atoms with van der Waals surface area (Å²) in [5.41, 5.74) is 0. The van der Waals surface area contributed by atoms with Gasteiger partial charge in [-0.3, -0.25) is 9.59 Å². The predicted octanol–water partition coefficient (Wildman–Crippen LogP) is 7.68. The lowest BCUT2D eigenvalue weighted by Crippen LogP contribution is -2.30. The van der Waals surface area contributed by atoms with E-state index in [1.54, 1.807) is 0 Å². The summed E-state index contributed by atoms with van der Waals surface area (Å²) in [5, 5.41) is -0.953. The minimum atomic E-state index is -0.477. The van der Waals surface area contributed by atoms with E-state index in [4.69, 9.17) is 9.47 Å². The number of hydrogen-bond acceptors (Lipinski definition) is 7. The molecule has 0 aliphatic rings. The highest BCUT2D eigenvalue weighted by molar-refractivity contribution is 8.03. The van der Waals surface area contributed by atoms with Crippen molar-refractivity contribution in [2.24, 2.45) is 0 Å². The summed E-state index contributed by atoms with van der Waals surface area (Å²) < 4.78 is 10.9. The molecule has 196 valence electrons. The van der Waals surface area contributed by atoms with Gasteiger partial charge in [0.25, 0.3) is 0 Å². The molecule has 0 aromatic rings. The molecule has 0 aliphatic heterocycles.